The Hall–Kier alpha value is -3.54. The van der Waals surface area contributed by atoms with Crippen LogP contribution < -0.4 is 15.2 Å². The molecular formula is C26H39NO11. The molecular weight excluding hydrogens is 502 g/mol. The van der Waals surface area contributed by atoms with Gasteiger partial charge in [0.05, 0.1) is 12.2 Å². The number of carbonyl (C=O) groups excluding carboxylic acids is 3. The zero-order valence-electron chi connectivity index (χ0n) is 23.1. The lowest BCUT2D eigenvalue weighted by Gasteiger charge is -2.27. The predicted molar refractivity (Wildman–Crippen MR) is 135 cm³/mol. The Morgan fingerprint density at radius 2 is 1.39 bits per heavy atom. The first-order valence-electron chi connectivity index (χ1n) is 12.3. The zero-order valence-corrected chi connectivity index (χ0v) is 23.1. The summed E-state index contributed by atoms with van der Waals surface area (Å²) in [5.74, 6) is -2.61. The lowest BCUT2D eigenvalue weighted by atomic mass is 9.87. The van der Waals surface area contributed by atoms with E-state index in [9.17, 15) is 24.3 Å². The summed E-state index contributed by atoms with van der Waals surface area (Å²) in [5, 5.41) is 9.62. The van der Waals surface area contributed by atoms with Gasteiger partial charge in [-0.15, -0.1) is 0 Å². The minimum absolute atomic E-state index is 0.0133. The molecule has 2 unspecified atom stereocenters. The Bertz CT molecular complexity index is 974. The van der Waals surface area contributed by atoms with E-state index in [1.54, 1.807) is 48.5 Å². The lowest BCUT2D eigenvalue weighted by molar-refractivity contribution is -0.139. The summed E-state index contributed by atoms with van der Waals surface area (Å²) in [4.78, 5) is 48.3. The van der Waals surface area contributed by atoms with Crippen molar-refractivity contribution in [3.8, 4) is 11.5 Å². The van der Waals surface area contributed by atoms with Gasteiger partial charge in [-0.1, -0.05) is 13.0 Å². The van der Waals surface area contributed by atoms with Crippen LogP contribution in [0.1, 0.15) is 79.7 Å². The van der Waals surface area contributed by atoms with Crippen LogP contribution in [0.2, 0.25) is 0 Å². The van der Waals surface area contributed by atoms with Gasteiger partial charge in [-0.3, -0.25) is 4.79 Å². The van der Waals surface area contributed by atoms with Crippen LogP contribution in [0.3, 0.4) is 0 Å². The first-order chi connectivity index (χ1) is 17.5. The molecule has 3 N–H and O–H groups in total. The highest BCUT2D eigenvalue weighted by molar-refractivity contribution is 5.75. The average molecular weight is 542 g/mol. The normalized spacial score (nSPS) is 13.8. The van der Waals surface area contributed by atoms with Crippen LogP contribution in [-0.2, 0) is 23.7 Å². The summed E-state index contributed by atoms with van der Waals surface area (Å²) in [7, 11) is 0. The van der Waals surface area contributed by atoms with Crippen LogP contribution in [0.4, 0.5) is 14.4 Å². The fraction of sp³-hybridized carbons (Fsp3) is 0.615. The molecule has 0 saturated heterocycles. The second-order valence-electron chi connectivity index (χ2n) is 9.84. The largest absolute Gasteiger partial charge is 0.514 e. The molecule has 1 aromatic rings. The highest BCUT2D eigenvalue weighted by Crippen LogP contribution is 2.35. The molecule has 0 radical (unpaired) electrons. The average Bonchev–Trinajstić information content (AvgIpc) is 2.76. The number of ether oxygens (including phenoxy) is 6. The highest BCUT2D eigenvalue weighted by Gasteiger charge is 2.31. The molecule has 1 rings (SSSR count). The number of benzene rings is 1. The minimum Gasteiger partial charge on any atom is -0.480 e. The van der Waals surface area contributed by atoms with E-state index in [0.717, 1.165) is 0 Å². The van der Waals surface area contributed by atoms with E-state index in [1.165, 1.54) is 18.2 Å². The SMILES string of the molecule is CCC(C)(C)OC(=O)OC(C)CC(c1ccc(OC(=O)OC(C)C)c(OC(=O)OC(C)C)c1)[C@H](N)C(=O)O. The third kappa shape index (κ3) is 11.2. The van der Waals surface area contributed by atoms with Gasteiger partial charge in [0, 0.05) is 5.92 Å². The van der Waals surface area contributed by atoms with E-state index in [2.05, 4.69) is 0 Å². The van der Waals surface area contributed by atoms with Gasteiger partial charge < -0.3 is 39.3 Å². The summed E-state index contributed by atoms with van der Waals surface area (Å²) >= 11 is 0. The standard InChI is InChI=1S/C26H39NO11/c1-9-26(7,8)38-25(32)35-16(6)12-18(21(27)22(28)29)17-10-11-19(36-23(30)33-14(2)3)20(13-17)37-24(31)34-15(4)5/h10-11,13-16,18,21H,9,12,27H2,1-8H3,(H,28,29)/t16?,18?,21-/m0/s1. The van der Waals surface area contributed by atoms with Crippen molar-refractivity contribution in [2.75, 3.05) is 0 Å². The molecule has 0 spiro atoms. The first-order valence-corrected chi connectivity index (χ1v) is 12.3. The van der Waals surface area contributed by atoms with Crippen LogP contribution in [0.5, 0.6) is 11.5 Å². The lowest BCUT2D eigenvalue weighted by Crippen LogP contribution is -2.38. The summed E-state index contributed by atoms with van der Waals surface area (Å²) in [5.41, 5.74) is 5.55. The Labute approximate surface area is 222 Å². The zero-order chi connectivity index (χ0) is 29.2. The number of rotatable bonds is 12. The van der Waals surface area contributed by atoms with E-state index in [1.807, 2.05) is 6.92 Å². The van der Waals surface area contributed by atoms with Gasteiger partial charge in [-0.05, 0) is 79.0 Å². The van der Waals surface area contributed by atoms with Crippen molar-refractivity contribution in [3.05, 3.63) is 23.8 Å². The molecule has 0 bridgehead atoms. The van der Waals surface area contributed by atoms with Gasteiger partial charge in [-0.2, -0.15) is 0 Å². The summed E-state index contributed by atoms with van der Waals surface area (Å²) in [6, 6.07) is 2.65. The second kappa shape index (κ2) is 14.4. The molecule has 0 aliphatic carbocycles. The number of nitrogens with two attached hydrogens (primary N) is 1. The number of carbonyl (C=O) groups is 4. The highest BCUT2D eigenvalue weighted by atomic mass is 16.8. The Kier molecular flexibility index (Phi) is 12.3. The molecule has 3 atom stereocenters. The monoisotopic (exact) mass is 541 g/mol. The molecule has 0 saturated carbocycles. The van der Waals surface area contributed by atoms with Gasteiger partial charge in [0.15, 0.2) is 11.5 Å². The second-order valence-corrected chi connectivity index (χ2v) is 9.84. The van der Waals surface area contributed by atoms with Crippen molar-refractivity contribution in [1.29, 1.82) is 0 Å². The third-order valence-electron chi connectivity index (χ3n) is 5.26. The third-order valence-corrected chi connectivity index (χ3v) is 5.26. The molecule has 1 aromatic carbocycles. The maximum atomic E-state index is 12.2. The molecule has 38 heavy (non-hydrogen) atoms. The van der Waals surface area contributed by atoms with Crippen molar-refractivity contribution < 1.29 is 52.7 Å². The van der Waals surface area contributed by atoms with Gasteiger partial charge in [0.25, 0.3) is 0 Å². The molecule has 0 aliphatic heterocycles. The van der Waals surface area contributed by atoms with Crippen LogP contribution in [0, 0.1) is 0 Å². The van der Waals surface area contributed by atoms with Crippen molar-refractivity contribution >= 4 is 24.4 Å². The van der Waals surface area contributed by atoms with Crippen LogP contribution in [-0.4, -0.2) is 59.5 Å². The van der Waals surface area contributed by atoms with Crippen LogP contribution >= 0.6 is 0 Å². The van der Waals surface area contributed by atoms with Crippen molar-refractivity contribution in [1.82, 2.24) is 0 Å². The topological polar surface area (TPSA) is 170 Å². The Balaban J connectivity index is 3.31. The molecule has 0 aromatic heterocycles. The van der Waals surface area contributed by atoms with Crippen LogP contribution in [0.25, 0.3) is 0 Å². The quantitative estimate of drug-likeness (QED) is 0.203. The molecule has 12 nitrogen and oxygen atoms in total. The molecule has 12 heteroatoms. The Morgan fingerprint density at radius 1 is 0.868 bits per heavy atom. The maximum Gasteiger partial charge on any atom is 0.514 e. The molecule has 0 heterocycles. The van der Waals surface area contributed by atoms with Crippen molar-refractivity contribution in [2.24, 2.45) is 5.73 Å². The number of hydrogen-bond acceptors (Lipinski definition) is 11. The smallest absolute Gasteiger partial charge is 0.480 e. The summed E-state index contributed by atoms with van der Waals surface area (Å²) < 4.78 is 31.0. The number of carboxylic acids is 1. The van der Waals surface area contributed by atoms with E-state index in [-0.39, 0.29) is 17.9 Å². The molecule has 0 fully saturated rings. The molecule has 0 aliphatic rings. The van der Waals surface area contributed by atoms with E-state index in [0.29, 0.717) is 12.0 Å². The number of hydrogen-bond donors (Lipinski definition) is 2. The molecule has 0 amide bonds. The number of carboxylic acid groups (broad SMARTS) is 1. The summed E-state index contributed by atoms with van der Waals surface area (Å²) in [6.45, 7) is 13.4. The van der Waals surface area contributed by atoms with E-state index < -0.39 is 60.3 Å². The maximum absolute atomic E-state index is 12.2. The predicted octanol–water partition coefficient (Wildman–Crippen LogP) is 5.15. The van der Waals surface area contributed by atoms with Crippen molar-refractivity contribution in [2.45, 2.75) is 104 Å². The fourth-order valence-corrected chi connectivity index (χ4v) is 3.09. The van der Waals surface area contributed by atoms with E-state index in [4.69, 9.17) is 34.2 Å². The summed E-state index contributed by atoms with van der Waals surface area (Å²) in [6.07, 6.45) is -4.22. The van der Waals surface area contributed by atoms with Gasteiger partial charge >= 0.3 is 24.4 Å². The first kappa shape index (κ1) is 32.5. The van der Waals surface area contributed by atoms with Crippen LogP contribution in [0.15, 0.2) is 18.2 Å². The minimum atomic E-state index is -1.42. The van der Waals surface area contributed by atoms with Gasteiger partial charge in [-0.25, -0.2) is 14.4 Å². The fourth-order valence-electron chi connectivity index (χ4n) is 3.09. The Morgan fingerprint density at radius 3 is 1.87 bits per heavy atom. The van der Waals surface area contributed by atoms with Gasteiger partial charge in [0.1, 0.15) is 17.7 Å². The molecule has 214 valence electrons. The van der Waals surface area contributed by atoms with E-state index >= 15 is 0 Å². The number of aliphatic carboxylic acids is 1. The van der Waals surface area contributed by atoms with Gasteiger partial charge in [0.2, 0.25) is 0 Å². The van der Waals surface area contributed by atoms with Crippen molar-refractivity contribution in [3.63, 3.8) is 0 Å².